The largest absolute Gasteiger partial charge is 0.390 e. The van der Waals surface area contributed by atoms with E-state index in [9.17, 15) is 9.90 Å². The number of hydrogen-bond donors (Lipinski definition) is 2. The van der Waals surface area contributed by atoms with E-state index in [1.165, 1.54) is 0 Å². The number of H-pyrrole nitrogens is 1. The number of aromatic amines is 1. The Bertz CT molecular complexity index is 647. The third-order valence-corrected chi connectivity index (χ3v) is 4.21. The standard InChI is InChI=1S/C15H21N5O2/c1-2-14-16-5-8-19(14)7-4-15(22)20-6-3-12-11(9-20)13(10-21)18-17-12/h5,8,21H,2-4,6-7,9-10H2,1H3,(H,17,18). The maximum Gasteiger partial charge on any atom is 0.224 e. The average molecular weight is 303 g/mol. The van der Waals surface area contributed by atoms with E-state index in [4.69, 9.17) is 0 Å². The molecule has 0 atom stereocenters. The van der Waals surface area contributed by atoms with Gasteiger partial charge in [-0.3, -0.25) is 9.89 Å². The van der Waals surface area contributed by atoms with Crippen LogP contribution in [-0.4, -0.2) is 42.2 Å². The predicted molar refractivity (Wildman–Crippen MR) is 79.9 cm³/mol. The Morgan fingerprint density at radius 3 is 3.14 bits per heavy atom. The Hall–Kier alpha value is -2.15. The Labute approximate surface area is 129 Å². The lowest BCUT2D eigenvalue weighted by Gasteiger charge is -2.27. The van der Waals surface area contributed by atoms with Gasteiger partial charge in [0.25, 0.3) is 0 Å². The van der Waals surface area contributed by atoms with Gasteiger partial charge in [-0.15, -0.1) is 0 Å². The molecule has 22 heavy (non-hydrogen) atoms. The van der Waals surface area contributed by atoms with Gasteiger partial charge in [-0.05, 0) is 0 Å². The number of carbonyl (C=O) groups is 1. The molecule has 3 rings (SSSR count). The number of aromatic nitrogens is 4. The molecule has 2 aromatic rings. The van der Waals surface area contributed by atoms with Crippen molar-refractivity contribution in [3.63, 3.8) is 0 Å². The molecule has 0 bridgehead atoms. The zero-order valence-electron chi connectivity index (χ0n) is 12.7. The molecule has 1 aliphatic heterocycles. The second-order valence-corrected chi connectivity index (χ2v) is 5.49. The Morgan fingerprint density at radius 2 is 2.36 bits per heavy atom. The van der Waals surface area contributed by atoms with Crippen molar-refractivity contribution in [1.29, 1.82) is 0 Å². The van der Waals surface area contributed by atoms with E-state index in [0.717, 1.165) is 29.9 Å². The summed E-state index contributed by atoms with van der Waals surface area (Å²) in [5.74, 6) is 1.14. The van der Waals surface area contributed by atoms with Crippen molar-refractivity contribution in [1.82, 2.24) is 24.6 Å². The van der Waals surface area contributed by atoms with Gasteiger partial charge >= 0.3 is 0 Å². The van der Waals surface area contributed by atoms with Crippen molar-refractivity contribution in [3.8, 4) is 0 Å². The Balaban J connectivity index is 1.62. The highest BCUT2D eigenvalue weighted by Gasteiger charge is 2.24. The quantitative estimate of drug-likeness (QED) is 0.848. The number of carbonyl (C=O) groups excluding carboxylic acids is 1. The van der Waals surface area contributed by atoms with Crippen LogP contribution in [0.1, 0.15) is 36.1 Å². The number of hydrogen-bond acceptors (Lipinski definition) is 4. The third kappa shape index (κ3) is 2.76. The summed E-state index contributed by atoms with van der Waals surface area (Å²) < 4.78 is 2.03. The molecule has 0 aliphatic carbocycles. The fourth-order valence-electron chi connectivity index (χ4n) is 2.93. The highest BCUT2D eigenvalue weighted by Crippen LogP contribution is 2.21. The first-order valence-corrected chi connectivity index (χ1v) is 7.66. The minimum atomic E-state index is -0.0945. The minimum Gasteiger partial charge on any atom is -0.390 e. The monoisotopic (exact) mass is 303 g/mol. The van der Waals surface area contributed by atoms with Crippen LogP contribution >= 0.6 is 0 Å². The summed E-state index contributed by atoms with van der Waals surface area (Å²) in [6.07, 6.45) is 5.78. The van der Waals surface area contributed by atoms with Crippen molar-refractivity contribution < 1.29 is 9.90 Å². The van der Waals surface area contributed by atoms with Crippen LogP contribution in [0.5, 0.6) is 0 Å². The number of fused-ring (bicyclic) bond motifs is 1. The van der Waals surface area contributed by atoms with Crippen molar-refractivity contribution in [2.24, 2.45) is 0 Å². The van der Waals surface area contributed by atoms with Crippen LogP contribution in [0.3, 0.4) is 0 Å². The molecule has 0 saturated heterocycles. The molecule has 0 spiro atoms. The Morgan fingerprint density at radius 1 is 1.50 bits per heavy atom. The summed E-state index contributed by atoms with van der Waals surface area (Å²) in [5.41, 5.74) is 2.66. The van der Waals surface area contributed by atoms with Crippen LogP contribution in [0.25, 0.3) is 0 Å². The molecule has 1 amide bonds. The lowest BCUT2D eigenvalue weighted by Crippen LogP contribution is -2.36. The smallest absolute Gasteiger partial charge is 0.224 e. The summed E-state index contributed by atoms with van der Waals surface area (Å²) in [7, 11) is 0. The molecule has 0 radical (unpaired) electrons. The van der Waals surface area contributed by atoms with Crippen molar-refractivity contribution in [2.75, 3.05) is 6.54 Å². The fourth-order valence-corrected chi connectivity index (χ4v) is 2.93. The number of nitrogens with one attached hydrogen (secondary N) is 1. The van der Waals surface area contributed by atoms with E-state index in [-0.39, 0.29) is 12.5 Å². The molecule has 0 saturated carbocycles. The van der Waals surface area contributed by atoms with E-state index in [1.807, 2.05) is 15.7 Å². The van der Waals surface area contributed by atoms with Gasteiger partial charge < -0.3 is 14.6 Å². The lowest BCUT2D eigenvalue weighted by molar-refractivity contribution is -0.132. The molecule has 2 aromatic heterocycles. The number of imidazole rings is 1. The van der Waals surface area contributed by atoms with Crippen molar-refractivity contribution in [2.45, 2.75) is 45.9 Å². The maximum atomic E-state index is 12.4. The van der Waals surface area contributed by atoms with Crippen LogP contribution in [0.2, 0.25) is 0 Å². The SMILES string of the molecule is CCc1nccn1CCC(=O)N1CCc2[nH]nc(CO)c2C1. The molecule has 118 valence electrons. The zero-order chi connectivity index (χ0) is 15.5. The molecule has 1 aliphatic rings. The van der Waals surface area contributed by atoms with E-state index in [0.29, 0.717) is 31.7 Å². The normalized spacial score (nSPS) is 14.2. The first-order chi connectivity index (χ1) is 10.7. The van der Waals surface area contributed by atoms with Gasteiger partial charge in [0.1, 0.15) is 5.82 Å². The van der Waals surface area contributed by atoms with Gasteiger partial charge in [0.2, 0.25) is 5.91 Å². The van der Waals surface area contributed by atoms with Gasteiger partial charge in [-0.25, -0.2) is 4.98 Å². The number of rotatable bonds is 5. The van der Waals surface area contributed by atoms with E-state index >= 15 is 0 Å². The molecule has 2 N–H and O–H groups in total. The second kappa shape index (κ2) is 6.31. The Kier molecular flexibility index (Phi) is 4.24. The van der Waals surface area contributed by atoms with Gasteiger partial charge in [0.15, 0.2) is 0 Å². The van der Waals surface area contributed by atoms with Gasteiger partial charge in [0, 0.05) is 62.5 Å². The summed E-state index contributed by atoms with van der Waals surface area (Å²) in [5, 5.41) is 16.3. The molecular formula is C15H21N5O2. The van der Waals surface area contributed by atoms with Crippen LogP contribution in [-0.2, 0) is 37.3 Å². The van der Waals surface area contributed by atoms with Crippen LogP contribution < -0.4 is 0 Å². The third-order valence-electron chi connectivity index (χ3n) is 4.21. The number of amides is 1. The van der Waals surface area contributed by atoms with Crippen molar-refractivity contribution >= 4 is 5.91 Å². The van der Waals surface area contributed by atoms with Crippen LogP contribution in [0, 0.1) is 0 Å². The number of nitrogens with zero attached hydrogens (tertiary/aromatic N) is 4. The molecule has 0 fully saturated rings. The number of aliphatic hydroxyl groups excluding tert-OH is 1. The van der Waals surface area contributed by atoms with E-state index in [1.54, 1.807) is 6.20 Å². The van der Waals surface area contributed by atoms with Crippen molar-refractivity contribution in [3.05, 3.63) is 35.2 Å². The topological polar surface area (TPSA) is 87.0 Å². The molecule has 7 heteroatoms. The maximum absolute atomic E-state index is 12.4. The zero-order valence-corrected chi connectivity index (χ0v) is 12.7. The lowest BCUT2D eigenvalue weighted by atomic mass is 10.1. The highest BCUT2D eigenvalue weighted by molar-refractivity contribution is 5.76. The molecule has 7 nitrogen and oxygen atoms in total. The first kappa shape index (κ1) is 14.8. The summed E-state index contributed by atoms with van der Waals surface area (Å²) in [4.78, 5) is 18.5. The average Bonchev–Trinajstić information content (AvgIpc) is 3.17. The molecule has 3 heterocycles. The molecule has 0 aromatic carbocycles. The van der Waals surface area contributed by atoms with Crippen LogP contribution in [0.15, 0.2) is 12.4 Å². The number of aliphatic hydroxyl groups is 1. The fraction of sp³-hybridized carbons (Fsp3) is 0.533. The summed E-state index contributed by atoms with van der Waals surface area (Å²) in [6, 6.07) is 0. The van der Waals surface area contributed by atoms with Gasteiger partial charge in [0.05, 0.1) is 12.3 Å². The van der Waals surface area contributed by atoms with Crippen LogP contribution in [0.4, 0.5) is 0 Å². The highest BCUT2D eigenvalue weighted by atomic mass is 16.3. The molecular weight excluding hydrogens is 282 g/mol. The summed E-state index contributed by atoms with van der Waals surface area (Å²) in [6.45, 7) is 3.85. The van der Waals surface area contributed by atoms with E-state index < -0.39 is 0 Å². The first-order valence-electron chi connectivity index (χ1n) is 7.66. The minimum absolute atomic E-state index is 0.0945. The predicted octanol–water partition coefficient (Wildman–Crippen LogP) is 0.636. The van der Waals surface area contributed by atoms with Gasteiger partial charge in [-0.1, -0.05) is 6.92 Å². The molecule has 0 unspecified atom stereocenters. The second-order valence-electron chi connectivity index (χ2n) is 5.49. The summed E-state index contributed by atoms with van der Waals surface area (Å²) >= 11 is 0. The number of aryl methyl sites for hydroxylation is 2. The van der Waals surface area contributed by atoms with Gasteiger partial charge in [-0.2, -0.15) is 5.10 Å². The van der Waals surface area contributed by atoms with E-state index in [2.05, 4.69) is 22.1 Å².